The van der Waals surface area contributed by atoms with Crippen LogP contribution < -0.4 is 16.0 Å². The molecule has 3 N–H and O–H groups in total. The van der Waals surface area contributed by atoms with Gasteiger partial charge in [-0.2, -0.15) is 0 Å². The molecule has 5 aromatic rings. The van der Waals surface area contributed by atoms with Crippen molar-refractivity contribution in [2.75, 3.05) is 22.6 Å². The van der Waals surface area contributed by atoms with Crippen LogP contribution in [0.5, 0.6) is 0 Å². The molecule has 3 aromatic heterocycles. The summed E-state index contributed by atoms with van der Waals surface area (Å²) in [7, 11) is 0. The number of fused-ring (bicyclic) bond motifs is 1. The second kappa shape index (κ2) is 14.1. The molecule has 45 heavy (non-hydrogen) atoms. The van der Waals surface area contributed by atoms with Crippen molar-refractivity contribution >= 4 is 103 Å². The van der Waals surface area contributed by atoms with E-state index in [2.05, 4.69) is 54.9 Å². The predicted octanol–water partition coefficient (Wildman–Crippen LogP) is 8.37. The lowest BCUT2D eigenvalue weighted by molar-refractivity contribution is 0.102. The highest BCUT2D eigenvalue weighted by atomic mass is 35.6. The molecule has 2 aromatic carbocycles. The Bertz CT molecular complexity index is 1850. The molecule has 0 aliphatic carbocycles. The van der Waals surface area contributed by atoms with E-state index in [1.54, 1.807) is 24.3 Å². The number of aryl methyl sites for hydroxylation is 1. The molecule has 16 heteroatoms. The van der Waals surface area contributed by atoms with Gasteiger partial charge in [0, 0.05) is 26.7 Å². The monoisotopic (exact) mass is 702 g/mol. The molecule has 3 heterocycles. The number of benzene rings is 2. The Hall–Kier alpha value is -3.75. The number of amides is 2. The molecule has 0 unspecified atom stereocenters. The maximum atomic E-state index is 13.1. The van der Waals surface area contributed by atoms with E-state index in [-0.39, 0.29) is 11.8 Å². The van der Waals surface area contributed by atoms with Gasteiger partial charge in [-0.25, -0.2) is 19.7 Å². The maximum absolute atomic E-state index is 13.1. The van der Waals surface area contributed by atoms with Gasteiger partial charge < -0.3 is 10.1 Å². The molecule has 0 saturated heterocycles. The topological polar surface area (TPSA) is 144 Å². The molecule has 0 radical (unpaired) electrons. The Morgan fingerprint density at radius 1 is 1.00 bits per heavy atom. The van der Waals surface area contributed by atoms with Crippen LogP contribution in [-0.4, -0.2) is 47.5 Å². The molecule has 0 fully saturated rings. The number of carbonyl (C=O) groups excluding carboxylic acids is 2. The number of rotatable bonds is 9. The SMILES string of the molecule is Cc1nnc(NC(=O)c2ccc(Sc3ccc(NC(=O)OCC(Cl)(Cl)Cl)cc3)c(Nc3ncnc4nc(C(C)C)ccc34)c2)s1. The summed E-state index contributed by atoms with van der Waals surface area (Å²) in [6.45, 7) is 5.56. The summed E-state index contributed by atoms with van der Waals surface area (Å²) in [6.07, 6.45) is 0.699. The fraction of sp³-hybridized carbons (Fsp3) is 0.207. The molecule has 0 spiro atoms. The smallest absolute Gasteiger partial charge is 0.411 e. The van der Waals surface area contributed by atoms with Crippen molar-refractivity contribution in [1.82, 2.24) is 25.1 Å². The molecule has 5 rings (SSSR count). The van der Waals surface area contributed by atoms with Gasteiger partial charge in [-0.1, -0.05) is 71.7 Å². The van der Waals surface area contributed by atoms with Crippen molar-refractivity contribution in [1.29, 1.82) is 0 Å². The third-order valence-electron chi connectivity index (χ3n) is 6.05. The number of pyridine rings is 1. The van der Waals surface area contributed by atoms with E-state index in [0.717, 1.165) is 25.9 Å². The Morgan fingerprint density at radius 3 is 2.47 bits per heavy atom. The average molecular weight is 704 g/mol. The van der Waals surface area contributed by atoms with Crippen molar-refractivity contribution in [3.8, 4) is 0 Å². The molecule has 11 nitrogen and oxygen atoms in total. The van der Waals surface area contributed by atoms with Crippen molar-refractivity contribution in [3.05, 3.63) is 77.2 Å². The van der Waals surface area contributed by atoms with Gasteiger partial charge in [-0.15, -0.1) is 10.2 Å². The normalized spacial score (nSPS) is 11.4. The van der Waals surface area contributed by atoms with Gasteiger partial charge in [-0.05, 0) is 67.4 Å². The Balaban J connectivity index is 1.41. The molecular formula is C29H25Cl3N8O3S2. The fourth-order valence-electron chi connectivity index (χ4n) is 3.91. The van der Waals surface area contributed by atoms with Crippen LogP contribution in [0.25, 0.3) is 11.0 Å². The zero-order chi connectivity index (χ0) is 32.1. The first-order valence-corrected chi connectivity index (χ1v) is 16.1. The summed E-state index contributed by atoms with van der Waals surface area (Å²) < 4.78 is 3.21. The van der Waals surface area contributed by atoms with Crippen molar-refractivity contribution in [3.63, 3.8) is 0 Å². The van der Waals surface area contributed by atoms with E-state index < -0.39 is 16.5 Å². The lowest BCUT2D eigenvalue weighted by atomic mass is 10.1. The average Bonchev–Trinajstić information content (AvgIpc) is 3.41. The quantitative estimate of drug-likeness (QED) is 0.128. The highest BCUT2D eigenvalue weighted by Crippen LogP contribution is 2.37. The van der Waals surface area contributed by atoms with E-state index in [0.29, 0.717) is 33.5 Å². The van der Waals surface area contributed by atoms with Crippen LogP contribution in [-0.2, 0) is 4.74 Å². The first-order valence-electron chi connectivity index (χ1n) is 13.4. The predicted molar refractivity (Wildman–Crippen MR) is 180 cm³/mol. The van der Waals surface area contributed by atoms with Crippen LogP contribution in [0.2, 0.25) is 0 Å². The Kier molecular flexibility index (Phi) is 10.2. The molecule has 0 aliphatic heterocycles. The third kappa shape index (κ3) is 8.92. The summed E-state index contributed by atoms with van der Waals surface area (Å²) in [5.74, 6) is 0.442. The van der Waals surface area contributed by atoms with Crippen molar-refractivity contribution < 1.29 is 14.3 Å². The Labute approximate surface area is 281 Å². The number of nitrogens with one attached hydrogen (secondary N) is 3. The Morgan fingerprint density at radius 2 is 1.78 bits per heavy atom. The second-order valence-electron chi connectivity index (χ2n) is 9.84. The summed E-state index contributed by atoms with van der Waals surface area (Å²) in [5, 5.41) is 18.6. The van der Waals surface area contributed by atoms with Crippen LogP contribution in [0.1, 0.15) is 40.8 Å². The lowest BCUT2D eigenvalue weighted by Crippen LogP contribution is -2.21. The van der Waals surface area contributed by atoms with E-state index in [9.17, 15) is 9.59 Å². The number of anilines is 4. The van der Waals surface area contributed by atoms with Crippen LogP contribution in [0, 0.1) is 6.92 Å². The standard InChI is InChI=1S/C29H25Cl3N8O3S2/c1-15(2)21-10-9-20-24(36-21)33-14-34-25(20)37-22-12-17(26(41)38-27-40-39-16(3)44-27)4-11-23(22)45-19-7-5-18(6-8-19)35-28(42)43-13-29(30,31)32/h4-12,14-15H,13H2,1-3H3,(H,35,42)(H,38,40,41)(H,33,34,36,37). The van der Waals surface area contributed by atoms with E-state index in [1.165, 1.54) is 29.4 Å². The van der Waals surface area contributed by atoms with Gasteiger partial charge in [0.2, 0.25) is 8.92 Å². The molecule has 0 atom stereocenters. The molecule has 232 valence electrons. The van der Waals surface area contributed by atoms with Crippen LogP contribution >= 0.6 is 57.9 Å². The van der Waals surface area contributed by atoms with E-state index in [4.69, 9.17) is 39.5 Å². The first kappa shape index (κ1) is 32.6. The minimum Gasteiger partial charge on any atom is -0.445 e. The van der Waals surface area contributed by atoms with Crippen LogP contribution in [0.3, 0.4) is 0 Å². The molecule has 0 saturated carbocycles. The summed E-state index contributed by atoms with van der Waals surface area (Å²) >= 11 is 19.6. The fourth-order valence-corrected chi connectivity index (χ4v) is 5.55. The minimum absolute atomic E-state index is 0.240. The summed E-state index contributed by atoms with van der Waals surface area (Å²) in [4.78, 5) is 40.3. The summed E-state index contributed by atoms with van der Waals surface area (Å²) in [6, 6.07) is 16.3. The summed E-state index contributed by atoms with van der Waals surface area (Å²) in [5.41, 5.74) is 3.01. The van der Waals surface area contributed by atoms with E-state index >= 15 is 0 Å². The number of nitrogens with zero attached hydrogens (tertiary/aromatic N) is 5. The van der Waals surface area contributed by atoms with Gasteiger partial charge in [0.15, 0.2) is 5.65 Å². The van der Waals surface area contributed by atoms with Crippen molar-refractivity contribution in [2.45, 2.75) is 40.3 Å². The number of hydrogen-bond acceptors (Lipinski definition) is 11. The highest BCUT2D eigenvalue weighted by Gasteiger charge is 2.22. The zero-order valence-corrected chi connectivity index (χ0v) is 27.9. The number of aromatic nitrogens is 5. The minimum atomic E-state index is -1.71. The maximum Gasteiger partial charge on any atom is 0.411 e. The molecule has 2 amide bonds. The van der Waals surface area contributed by atoms with Gasteiger partial charge in [0.05, 0.1) is 11.1 Å². The van der Waals surface area contributed by atoms with Crippen molar-refractivity contribution in [2.24, 2.45) is 0 Å². The largest absolute Gasteiger partial charge is 0.445 e. The highest BCUT2D eigenvalue weighted by molar-refractivity contribution is 7.99. The molecule has 0 bridgehead atoms. The number of carbonyl (C=O) groups is 2. The van der Waals surface area contributed by atoms with Gasteiger partial charge in [0.1, 0.15) is 23.8 Å². The van der Waals surface area contributed by atoms with Crippen LogP contribution in [0.4, 0.5) is 27.1 Å². The second-order valence-corrected chi connectivity index (χ2v) is 14.7. The molecule has 0 aliphatic rings. The zero-order valence-electron chi connectivity index (χ0n) is 24.0. The molecular weight excluding hydrogens is 679 g/mol. The third-order valence-corrected chi connectivity index (χ3v) is 8.21. The number of ether oxygens (including phenoxy) is 1. The van der Waals surface area contributed by atoms with Gasteiger partial charge in [0.25, 0.3) is 5.91 Å². The number of alkyl halides is 3. The number of hydrogen-bond donors (Lipinski definition) is 3. The first-order chi connectivity index (χ1) is 21.4. The lowest BCUT2D eigenvalue weighted by Gasteiger charge is -2.15. The van der Waals surface area contributed by atoms with E-state index in [1.807, 2.05) is 37.3 Å². The van der Waals surface area contributed by atoms with Gasteiger partial charge in [-0.3, -0.25) is 15.4 Å². The van der Waals surface area contributed by atoms with Crippen LogP contribution in [0.15, 0.2) is 70.7 Å². The number of halogens is 3. The van der Waals surface area contributed by atoms with Gasteiger partial charge >= 0.3 is 6.09 Å².